The van der Waals surface area contributed by atoms with Gasteiger partial charge in [-0.2, -0.15) is 0 Å². The molecule has 0 aliphatic heterocycles. The molecule has 46 valence electrons. The fraction of sp³-hybridized carbons (Fsp3) is 0. The quantitative estimate of drug-likeness (QED) is 0.537. The molecule has 0 radical (unpaired) electrons. The molecular weight excluding hydrogens is 114 g/mol. The SMILES string of the molecule is [NH3+]c1ccc(C=O)cc1. The summed E-state index contributed by atoms with van der Waals surface area (Å²) in [5, 5.41) is 0. The van der Waals surface area contributed by atoms with Crippen molar-refractivity contribution in [1.82, 2.24) is 0 Å². The van der Waals surface area contributed by atoms with Crippen LogP contribution in [0.2, 0.25) is 0 Å². The molecule has 2 nitrogen and oxygen atoms in total. The van der Waals surface area contributed by atoms with Gasteiger partial charge >= 0.3 is 0 Å². The fourth-order valence-electron chi connectivity index (χ4n) is 0.596. The molecule has 0 aromatic heterocycles. The van der Waals surface area contributed by atoms with Gasteiger partial charge in [0.05, 0.1) is 0 Å². The van der Waals surface area contributed by atoms with Gasteiger partial charge in [0.2, 0.25) is 0 Å². The van der Waals surface area contributed by atoms with E-state index in [9.17, 15) is 4.79 Å². The van der Waals surface area contributed by atoms with Gasteiger partial charge in [0.25, 0.3) is 0 Å². The first kappa shape index (κ1) is 5.98. The van der Waals surface area contributed by atoms with Crippen LogP contribution < -0.4 is 5.73 Å². The van der Waals surface area contributed by atoms with E-state index in [2.05, 4.69) is 5.73 Å². The van der Waals surface area contributed by atoms with E-state index in [1.54, 1.807) is 12.1 Å². The monoisotopic (exact) mass is 122 g/mol. The van der Waals surface area contributed by atoms with Crippen molar-refractivity contribution >= 4 is 12.0 Å². The largest absolute Gasteiger partial charge is 0.325 e. The highest BCUT2D eigenvalue weighted by molar-refractivity contribution is 5.74. The van der Waals surface area contributed by atoms with Gasteiger partial charge in [-0.15, -0.1) is 0 Å². The molecule has 9 heavy (non-hydrogen) atoms. The minimum absolute atomic E-state index is 0.697. The summed E-state index contributed by atoms with van der Waals surface area (Å²) in [6, 6.07) is 7.11. The second kappa shape index (κ2) is 2.42. The van der Waals surface area contributed by atoms with Crippen LogP contribution >= 0.6 is 0 Å². The molecule has 0 bridgehead atoms. The van der Waals surface area contributed by atoms with Crippen molar-refractivity contribution in [3.8, 4) is 0 Å². The molecule has 0 saturated carbocycles. The number of quaternary nitrogens is 1. The lowest BCUT2D eigenvalue weighted by atomic mass is 10.2. The van der Waals surface area contributed by atoms with Crippen molar-refractivity contribution in [1.29, 1.82) is 0 Å². The van der Waals surface area contributed by atoms with Crippen LogP contribution in [0.4, 0.5) is 5.69 Å². The third-order valence-corrected chi connectivity index (χ3v) is 1.12. The van der Waals surface area contributed by atoms with Crippen molar-refractivity contribution in [3.63, 3.8) is 0 Å². The van der Waals surface area contributed by atoms with Crippen LogP contribution in [0.15, 0.2) is 24.3 Å². The van der Waals surface area contributed by atoms with Crippen LogP contribution in [0.5, 0.6) is 0 Å². The molecule has 1 rings (SSSR count). The van der Waals surface area contributed by atoms with E-state index in [1.165, 1.54) is 0 Å². The first-order chi connectivity index (χ1) is 4.33. The molecule has 0 atom stereocenters. The topological polar surface area (TPSA) is 44.7 Å². The summed E-state index contributed by atoms with van der Waals surface area (Å²) in [6.07, 6.45) is 0.819. The van der Waals surface area contributed by atoms with Crippen molar-refractivity contribution in [3.05, 3.63) is 29.8 Å². The summed E-state index contributed by atoms with van der Waals surface area (Å²) in [5.74, 6) is 0. The van der Waals surface area contributed by atoms with E-state index in [-0.39, 0.29) is 0 Å². The Hall–Kier alpha value is -1.15. The Morgan fingerprint density at radius 3 is 2.22 bits per heavy atom. The van der Waals surface area contributed by atoms with Crippen molar-refractivity contribution < 1.29 is 10.5 Å². The van der Waals surface area contributed by atoms with Crippen molar-refractivity contribution in [2.75, 3.05) is 0 Å². The van der Waals surface area contributed by atoms with Crippen molar-refractivity contribution in [2.24, 2.45) is 0 Å². The molecule has 1 aromatic rings. The Labute approximate surface area is 53.3 Å². The molecule has 0 aliphatic rings. The number of benzene rings is 1. The van der Waals surface area contributed by atoms with Crippen LogP contribution in [0.3, 0.4) is 0 Å². The van der Waals surface area contributed by atoms with Gasteiger partial charge in [-0.3, -0.25) is 4.79 Å². The average Bonchev–Trinajstić information content (AvgIpc) is 1.90. The van der Waals surface area contributed by atoms with E-state index in [4.69, 9.17) is 0 Å². The minimum atomic E-state index is 0.697. The van der Waals surface area contributed by atoms with Gasteiger partial charge in [-0.05, 0) is 24.3 Å². The van der Waals surface area contributed by atoms with E-state index >= 15 is 0 Å². The van der Waals surface area contributed by atoms with E-state index in [1.807, 2.05) is 12.1 Å². The Kier molecular flexibility index (Phi) is 1.60. The van der Waals surface area contributed by atoms with Crippen LogP contribution in [-0.4, -0.2) is 6.29 Å². The van der Waals surface area contributed by atoms with Crippen LogP contribution in [0, 0.1) is 0 Å². The summed E-state index contributed by atoms with van der Waals surface area (Å²) >= 11 is 0. The first-order valence-electron chi connectivity index (χ1n) is 2.70. The number of hydrogen-bond acceptors (Lipinski definition) is 1. The third-order valence-electron chi connectivity index (χ3n) is 1.12. The van der Waals surface area contributed by atoms with Crippen LogP contribution in [0.25, 0.3) is 0 Å². The zero-order chi connectivity index (χ0) is 6.69. The molecule has 0 saturated heterocycles. The standard InChI is InChI=1S/C7H7NO/c8-7-3-1-6(5-9)2-4-7/h1-5H,8H2/p+1. The first-order valence-corrected chi connectivity index (χ1v) is 2.70. The summed E-state index contributed by atoms with van der Waals surface area (Å²) in [7, 11) is 0. The number of hydrogen-bond donors (Lipinski definition) is 1. The Morgan fingerprint density at radius 1 is 1.22 bits per heavy atom. The van der Waals surface area contributed by atoms with Crippen LogP contribution in [-0.2, 0) is 0 Å². The normalized spacial score (nSPS) is 9.00. The second-order valence-electron chi connectivity index (χ2n) is 1.86. The number of rotatable bonds is 1. The molecule has 0 amide bonds. The maximum Gasteiger partial charge on any atom is 0.150 e. The fourth-order valence-corrected chi connectivity index (χ4v) is 0.596. The lowest BCUT2D eigenvalue weighted by Crippen LogP contribution is -2.39. The Morgan fingerprint density at radius 2 is 1.78 bits per heavy atom. The zero-order valence-corrected chi connectivity index (χ0v) is 5.00. The van der Waals surface area contributed by atoms with Gasteiger partial charge in [-0.25, -0.2) is 0 Å². The Bertz CT molecular complexity index is 203. The number of carbonyl (C=O) groups is 1. The molecule has 0 aliphatic carbocycles. The molecule has 1 aromatic carbocycles. The van der Waals surface area contributed by atoms with Crippen LogP contribution in [0.1, 0.15) is 10.4 Å². The van der Waals surface area contributed by atoms with E-state index in [0.29, 0.717) is 5.56 Å². The van der Waals surface area contributed by atoms with E-state index in [0.717, 1.165) is 12.0 Å². The predicted octanol–water partition coefficient (Wildman–Crippen LogP) is 0.372. The molecule has 0 unspecified atom stereocenters. The van der Waals surface area contributed by atoms with E-state index < -0.39 is 0 Å². The summed E-state index contributed by atoms with van der Waals surface area (Å²) in [4.78, 5) is 10.1. The summed E-state index contributed by atoms with van der Waals surface area (Å²) < 4.78 is 0. The van der Waals surface area contributed by atoms with Gasteiger partial charge in [0.1, 0.15) is 12.0 Å². The number of aldehydes is 1. The summed E-state index contributed by atoms with van der Waals surface area (Å²) in [6.45, 7) is 0. The highest BCUT2D eigenvalue weighted by Crippen LogP contribution is 1.99. The summed E-state index contributed by atoms with van der Waals surface area (Å²) in [5.41, 5.74) is 5.31. The van der Waals surface area contributed by atoms with Crippen molar-refractivity contribution in [2.45, 2.75) is 0 Å². The smallest absolute Gasteiger partial charge is 0.150 e. The van der Waals surface area contributed by atoms with Gasteiger partial charge in [-0.1, -0.05) is 0 Å². The van der Waals surface area contributed by atoms with Gasteiger partial charge in [0.15, 0.2) is 0 Å². The molecule has 0 fully saturated rings. The lowest BCUT2D eigenvalue weighted by Gasteiger charge is -1.86. The highest BCUT2D eigenvalue weighted by Gasteiger charge is 1.88. The maximum absolute atomic E-state index is 10.1. The van der Waals surface area contributed by atoms with Gasteiger partial charge in [0, 0.05) is 5.56 Å². The molecule has 0 spiro atoms. The molecular formula is C7H8NO+. The number of carbonyl (C=O) groups excluding carboxylic acids is 1. The zero-order valence-electron chi connectivity index (χ0n) is 5.00. The predicted molar refractivity (Wildman–Crippen MR) is 34.4 cm³/mol. The highest BCUT2D eigenvalue weighted by atomic mass is 16.1. The third kappa shape index (κ3) is 1.37. The lowest BCUT2D eigenvalue weighted by molar-refractivity contribution is -0.254. The second-order valence-corrected chi connectivity index (χ2v) is 1.86. The molecule has 0 heterocycles. The minimum Gasteiger partial charge on any atom is -0.325 e. The molecule has 3 N–H and O–H groups in total. The van der Waals surface area contributed by atoms with Gasteiger partial charge < -0.3 is 5.73 Å². The maximum atomic E-state index is 10.1. The Balaban J connectivity index is 3.01. The molecule has 2 heteroatoms. The average molecular weight is 122 g/mol.